The first-order chi connectivity index (χ1) is 10.3. The van der Waals surface area contributed by atoms with Crippen LogP contribution in [-0.4, -0.2) is 19.1 Å². The van der Waals surface area contributed by atoms with Crippen LogP contribution in [0.25, 0.3) is 0 Å². The van der Waals surface area contributed by atoms with Crippen LogP contribution in [0.3, 0.4) is 0 Å². The fourth-order valence-corrected chi connectivity index (χ4v) is 2.88. The molecule has 106 valence electrons. The third-order valence-electron chi connectivity index (χ3n) is 3.77. The summed E-state index contributed by atoms with van der Waals surface area (Å²) < 4.78 is 0. The van der Waals surface area contributed by atoms with Crippen molar-refractivity contribution in [2.24, 2.45) is 0 Å². The molecule has 1 atom stereocenters. The van der Waals surface area contributed by atoms with Crippen LogP contribution in [0.15, 0.2) is 48.5 Å². The van der Waals surface area contributed by atoms with Crippen molar-refractivity contribution in [3.63, 3.8) is 0 Å². The fraction of sp³-hybridized carbons (Fsp3) is 0.235. The smallest absolute Gasteiger partial charge is 0.101 e. The Labute approximate surface area is 129 Å². The van der Waals surface area contributed by atoms with E-state index >= 15 is 0 Å². The summed E-state index contributed by atoms with van der Waals surface area (Å²) in [5.74, 6) is 0. The second-order valence-corrected chi connectivity index (χ2v) is 5.65. The zero-order valence-corrected chi connectivity index (χ0v) is 12.3. The van der Waals surface area contributed by atoms with Gasteiger partial charge in [-0.3, -0.25) is 0 Å². The highest BCUT2D eigenvalue weighted by atomic mass is 35.5. The molecule has 3 rings (SSSR count). The van der Waals surface area contributed by atoms with Gasteiger partial charge in [-0.25, -0.2) is 0 Å². The van der Waals surface area contributed by atoms with Gasteiger partial charge in [-0.15, -0.1) is 0 Å². The molecule has 0 amide bonds. The maximum atomic E-state index is 9.19. The Bertz CT molecular complexity index is 663. The molecule has 0 radical (unpaired) electrons. The average molecular weight is 298 g/mol. The normalized spacial score (nSPS) is 17.5. The zero-order valence-electron chi connectivity index (χ0n) is 11.6. The van der Waals surface area contributed by atoms with Crippen molar-refractivity contribution in [1.29, 1.82) is 5.26 Å². The van der Waals surface area contributed by atoms with Gasteiger partial charge in [0, 0.05) is 29.8 Å². The minimum absolute atomic E-state index is 0.346. The van der Waals surface area contributed by atoms with Crippen molar-refractivity contribution in [2.75, 3.05) is 23.3 Å². The van der Waals surface area contributed by atoms with Crippen LogP contribution in [0.1, 0.15) is 12.0 Å². The molecule has 1 aliphatic rings. The molecule has 2 aromatic rings. The molecule has 0 bridgehead atoms. The quantitative estimate of drug-likeness (QED) is 0.934. The highest BCUT2D eigenvalue weighted by molar-refractivity contribution is 6.30. The van der Waals surface area contributed by atoms with Gasteiger partial charge >= 0.3 is 0 Å². The lowest BCUT2D eigenvalue weighted by molar-refractivity contribution is 0.806. The van der Waals surface area contributed by atoms with Crippen LogP contribution in [-0.2, 0) is 0 Å². The van der Waals surface area contributed by atoms with Gasteiger partial charge in [0.25, 0.3) is 0 Å². The number of nitrogens with one attached hydrogen (secondary N) is 1. The monoisotopic (exact) mass is 297 g/mol. The van der Waals surface area contributed by atoms with Gasteiger partial charge < -0.3 is 10.2 Å². The van der Waals surface area contributed by atoms with Crippen LogP contribution in [0, 0.1) is 11.3 Å². The van der Waals surface area contributed by atoms with Gasteiger partial charge in [0.2, 0.25) is 0 Å². The standard InChI is InChI=1S/C17H16ClN3/c18-14-6-7-17(13(10-14)11-19)20-15-8-9-21(12-15)16-4-2-1-3-5-16/h1-7,10,15,20H,8-9,12H2. The highest BCUT2D eigenvalue weighted by Crippen LogP contribution is 2.25. The first-order valence-electron chi connectivity index (χ1n) is 7.02. The van der Waals surface area contributed by atoms with Crippen molar-refractivity contribution < 1.29 is 0 Å². The summed E-state index contributed by atoms with van der Waals surface area (Å²) in [6, 6.07) is 18.3. The summed E-state index contributed by atoms with van der Waals surface area (Å²) in [5, 5.41) is 13.2. The molecule has 1 heterocycles. The Hall–Kier alpha value is -2.18. The summed E-state index contributed by atoms with van der Waals surface area (Å²) in [5.41, 5.74) is 2.71. The van der Waals surface area contributed by atoms with Crippen LogP contribution >= 0.6 is 11.6 Å². The van der Waals surface area contributed by atoms with Crippen LogP contribution in [0.5, 0.6) is 0 Å². The van der Waals surface area contributed by atoms with E-state index in [2.05, 4.69) is 40.6 Å². The van der Waals surface area contributed by atoms with E-state index in [0.29, 0.717) is 16.6 Å². The van der Waals surface area contributed by atoms with Crippen molar-refractivity contribution in [3.8, 4) is 6.07 Å². The summed E-state index contributed by atoms with van der Waals surface area (Å²) >= 11 is 5.93. The van der Waals surface area contributed by atoms with Crippen molar-refractivity contribution in [2.45, 2.75) is 12.5 Å². The first kappa shape index (κ1) is 13.8. The molecule has 1 N–H and O–H groups in total. The van der Waals surface area contributed by atoms with Crippen LogP contribution in [0.4, 0.5) is 11.4 Å². The molecular formula is C17H16ClN3. The van der Waals surface area contributed by atoms with E-state index in [4.69, 9.17) is 11.6 Å². The lowest BCUT2D eigenvalue weighted by Gasteiger charge is -2.19. The van der Waals surface area contributed by atoms with Crippen molar-refractivity contribution in [1.82, 2.24) is 0 Å². The van der Waals surface area contributed by atoms with Gasteiger partial charge in [0.05, 0.1) is 11.3 Å². The van der Waals surface area contributed by atoms with Crippen LogP contribution in [0.2, 0.25) is 5.02 Å². The van der Waals surface area contributed by atoms with Crippen molar-refractivity contribution >= 4 is 23.0 Å². The Kier molecular flexibility index (Phi) is 3.98. The number of nitriles is 1. The van der Waals surface area contributed by atoms with E-state index in [-0.39, 0.29) is 0 Å². The van der Waals surface area contributed by atoms with Gasteiger partial charge in [0.15, 0.2) is 0 Å². The molecular weight excluding hydrogens is 282 g/mol. The number of benzene rings is 2. The second-order valence-electron chi connectivity index (χ2n) is 5.21. The minimum Gasteiger partial charge on any atom is -0.379 e. The highest BCUT2D eigenvalue weighted by Gasteiger charge is 2.23. The Balaban J connectivity index is 1.69. The Morgan fingerprint density at radius 1 is 1.19 bits per heavy atom. The molecule has 4 heteroatoms. The summed E-state index contributed by atoms with van der Waals surface area (Å²) in [7, 11) is 0. The lowest BCUT2D eigenvalue weighted by Crippen LogP contribution is -2.26. The maximum absolute atomic E-state index is 9.19. The van der Waals surface area contributed by atoms with E-state index < -0.39 is 0 Å². The lowest BCUT2D eigenvalue weighted by atomic mass is 10.1. The van der Waals surface area contributed by atoms with E-state index in [1.165, 1.54) is 5.69 Å². The predicted molar refractivity (Wildman–Crippen MR) is 86.8 cm³/mol. The van der Waals surface area contributed by atoms with E-state index in [9.17, 15) is 5.26 Å². The van der Waals surface area contributed by atoms with E-state index in [1.807, 2.05) is 18.2 Å². The molecule has 1 aliphatic heterocycles. The number of anilines is 2. The Morgan fingerprint density at radius 2 is 2.00 bits per heavy atom. The number of hydrogen-bond acceptors (Lipinski definition) is 3. The summed E-state index contributed by atoms with van der Waals surface area (Å²) in [4.78, 5) is 2.36. The van der Waals surface area contributed by atoms with Gasteiger partial charge in [0.1, 0.15) is 6.07 Å². The molecule has 0 saturated carbocycles. The third kappa shape index (κ3) is 3.12. The van der Waals surface area contributed by atoms with Crippen molar-refractivity contribution in [3.05, 3.63) is 59.1 Å². The number of nitrogens with zero attached hydrogens (tertiary/aromatic N) is 2. The van der Waals surface area contributed by atoms with Gasteiger partial charge in [-0.1, -0.05) is 29.8 Å². The van der Waals surface area contributed by atoms with E-state index in [1.54, 1.807) is 6.07 Å². The molecule has 2 aromatic carbocycles. The Morgan fingerprint density at radius 3 is 2.76 bits per heavy atom. The molecule has 21 heavy (non-hydrogen) atoms. The second kappa shape index (κ2) is 6.07. The zero-order chi connectivity index (χ0) is 14.7. The number of para-hydroxylation sites is 1. The number of hydrogen-bond donors (Lipinski definition) is 1. The largest absolute Gasteiger partial charge is 0.379 e. The minimum atomic E-state index is 0.346. The third-order valence-corrected chi connectivity index (χ3v) is 4.01. The molecule has 0 spiro atoms. The SMILES string of the molecule is N#Cc1cc(Cl)ccc1NC1CCN(c2ccccc2)C1. The molecule has 1 fully saturated rings. The molecule has 1 saturated heterocycles. The van der Waals surface area contributed by atoms with E-state index in [0.717, 1.165) is 25.2 Å². The molecule has 3 nitrogen and oxygen atoms in total. The summed E-state index contributed by atoms with van der Waals surface area (Å²) in [6.07, 6.45) is 1.06. The first-order valence-corrected chi connectivity index (χ1v) is 7.40. The number of rotatable bonds is 3. The van der Waals surface area contributed by atoms with Crippen LogP contribution < -0.4 is 10.2 Å². The number of halogens is 1. The topological polar surface area (TPSA) is 39.1 Å². The average Bonchev–Trinajstić information content (AvgIpc) is 2.98. The predicted octanol–water partition coefficient (Wildman–Crippen LogP) is 3.90. The molecule has 0 aliphatic carbocycles. The van der Waals surface area contributed by atoms with Gasteiger partial charge in [-0.05, 0) is 36.8 Å². The fourth-order valence-electron chi connectivity index (χ4n) is 2.71. The van der Waals surface area contributed by atoms with Gasteiger partial charge in [-0.2, -0.15) is 5.26 Å². The molecule has 0 aromatic heterocycles. The molecule has 1 unspecified atom stereocenters. The summed E-state index contributed by atoms with van der Waals surface area (Å²) in [6.45, 7) is 1.97. The maximum Gasteiger partial charge on any atom is 0.101 e.